The van der Waals surface area contributed by atoms with Gasteiger partial charge in [0.05, 0.1) is 0 Å². The van der Waals surface area contributed by atoms with Crippen molar-refractivity contribution < 1.29 is 10.2 Å². The molecule has 94 valence electrons. The van der Waals surface area contributed by atoms with Gasteiger partial charge in [-0.05, 0) is 43.4 Å². The lowest BCUT2D eigenvalue weighted by Crippen LogP contribution is -2.31. The molecule has 3 N–H and O–H groups in total. The van der Waals surface area contributed by atoms with Gasteiger partial charge in [0.2, 0.25) is 0 Å². The number of hydrogen-bond donors (Lipinski definition) is 3. The zero-order chi connectivity index (χ0) is 12.3. The lowest BCUT2D eigenvalue weighted by Gasteiger charge is -2.17. The maximum absolute atomic E-state index is 9.68. The van der Waals surface area contributed by atoms with Crippen LogP contribution in [0.4, 0.5) is 0 Å². The molecule has 1 aromatic rings. The summed E-state index contributed by atoms with van der Waals surface area (Å²) >= 11 is 5.89. The van der Waals surface area contributed by atoms with Gasteiger partial charge < -0.3 is 15.5 Å². The molecule has 0 saturated heterocycles. The summed E-state index contributed by atoms with van der Waals surface area (Å²) < 4.78 is 0. The summed E-state index contributed by atoms with van der Waals surface area (Å²) in [5.41, 5.74) is 0.807. The van der Waals surface area contributed by atoms with Crippen LogP contribution in [0.3, 0.4) is 0 Å². The van der Waals surface area contributed by atoms with Crippen molar-refractivity contribution >= 4 is 11.6 Å². The molecule has 3 nitrogen and oxygen atoms in total. The van der Waals surface area contributed by atoms with E-state index in [4.69, 9.17) is 16.7 Å². The van der Waals surface area contributed by atoms with Crippen LogP contribution in [0.5, 0.6) is 5.75 Å². The Hall–Kier alpha value is -0.770. The highest BCUT2D eigenvalue weighted by atomic mass is 35.5. The maximum atomic E-state index is 9.68. The summed E-state index contributed by atoms with van der Waals surface area (Å²) in [6, 6.07) is 5.40. The van der Waals surface area contributed by atoms with Crippen molar-refractivity contribution in [1.29, 1.82) is 0 Å². The number of rotatable bonds is 6. The molecule has 0 spiro atoms. The summed E-state index contributed by atoms with van der Waals surface area (Å²) in [4.78, 5) is 0. The van der Waals surface area contributed by atoms with E-state index in [0.717, 1.165) is 12.0 Å². The molecular formula is C13H18ClNO2. The zero-order valence-electron chi connectivity index (χ0n) is 9.69. The number of aliphatic hydroxyl groups excluding tert-OH is 1. The molecule has 1 aliphatic carbocycles. The van der Waals surface area contributed by atoms with Gasteiger partial charge in [-0.15, -0.1) is 0 Å². The number of aromatic hydroxyl groups is 1. The normalized spacial score (nSPS) is 17.1. The van der Waals surface area contributed by atoms with Gasteiger partial charge in [-0.1, -0.05) is 11.6 Å². The van der Waals surface area contributed by atoms with Crippen LogP contribution in [0.25, 0.3) is 0 Å². The Morgan fingerprint density at radius 3 is 2.82 bits per heavy atom. The Morgan fingerprint density at radius 2 is 2.18 bits per heavy atom. The van der Waals surface area contributed by atoms with Gasteiger partial charge in [0.25, 0.3) is 0 Å². The zero-order valence-corrected chi connectivity index (χ0v) is 10.5. The Bertz CT molecular complexity index is 380. The minimum atomic E-state index is 0.204. The number of phenolic OH excluding ortho intramolecular Hbond substituents is 1. The predicted octanol–water partition coefficient (Wildman–Crippen LogP) is 2.30. The summed E-state index contributed by atoms with van der Waals surface area (Å²) in [6.07, 6.45) is 3.24. The van der Waals surface area contributed by atoms with Gasteiger partial charge in [0, 0.05) is 29.8 Å². The summed E-state index contributed by atoms with van der Waals surface area (Å²) in [5, 5.41) is 22.7. The second-order valence-electron chi connectivity index (χ2n) is 4.61. The van der Waals surface area contributed by atoms with Crippen molar-refractivity contribution in [2.75, 3.05) is 6.61 Å². The van der Waals surface area contributed by atoms with E-state index >= 15 is 0 Å². The third kappa shape index (κ3) is 3.60. The smallest absolute Gasteiger partial charge is 0.120 e. The number of hydrogen-bond acceptors (Lipinski definition) is 3. The van der Waals surface area contributed by atoms with E-state index in [2.05, 4.69) is 5.32 Å². The van der Waals surface area contributed by atoms with Gasteiger partial charge in [-0.2, -0.15) is 0 Å². The van der Waals surface area contributed by atoms with Gasteiger partial charge in [-0.25, -0.2) is 0 Å². The summed E-state index contributed by atoms with van der Waals surface area (Å²) in [6.45, 7) is 0.795. The van der Waals surface area contributed by atoms with Crippen LogP contribution in [0, 0.1) is 5.92 Å². The average Bonchev–Trinajstić information content (AvgIpc) is 3.12. The first kappa shape index (κ1) is 12.7. The molecule has 1 aromatic carbocycles. The molecule has 0 heterocycles. The Kier molecular flexibility index (Phi) is 4.26. The average molecular weight is 256 g/mol. The number of phenols is 1. The molecule has 0 bridgehead atoms. The van der Waals surface area contributed by atoms with E-state index in [9.17, 15) is 5.11 Å². The quantitative estimate of drug-likeness (QED) is 0.731. The Labute approximate surface area is 106 Å². The first-order valence-corrected chi connectivity index (χ1v) is 6.40. The molecule has 0 aliphatic heterocycles. The molecule has 1 saturated carbocycles. The Morgan fingerprint density at radius 1 is 1.41 bits per heavy atom. The standard InChI is InChI=1S/C13H18ClNO2/c14-11-3-4-13(17)10(7-11)8-15-12(5-6-16)9-1-2-9/h3-4,7,9,12,15-17H,1-2,5-6,8H2. The van der Waals surface area contributed by atoms with Crippen molar-refractivity contribution in [1.82, 2.24) is 5.32 Å². The minimum Gasteiger partial charge on any atom is -0.508 e. The molecule has 4 heteroatoms. The van der Waals surface area contributed by atoms with E-state index in [-0.39, 0.29) is 12.4 Å². The van der Waals surface area contributed by atoms with Crippen LogP contribution >= 0.6 is 11.6 Å². The molecule has 0 radical (unpaired) electrons. The van der Waals surface area contributed by atoms with Crippen molar-refractivity contribution in [3.8, 4) is 5.75 Å². The lowest BCUT2D eigenvalue weighted by molar-refractivity contribution is 0.255. The number of aliphatic hydroxyl groups is 1. The second kappa shape index (κ2) is 5.71. The summed E-state index contributed by atoms with van der Waals surface area (Å²) in [5.74, 6) is 0.948. The highest BCUT2D eigenvalue weighted by Crippen LogP contribution is 2.34. The Balaban J connectivity index is 1.93. The molecule has 1 aliphatic rings. The van der Waals surface area contributed by atoms with E-state index < -0.39 is 0 Å². The third-order valence-corrected chi connectivity index (χ3v) is 3.46. The topological polar surface area (TPSA) is 52.5 Å². The van der Waals surface area contributed by atoms with Gasteiger partial charge in [0.1, 0.15) is 5.75 Å². The molecule has 17 heavy (non-hydrogen) atoms. The van der Waals surface area contributed by atoms with Crippen LogP contribution in [0.1, 0.15) is 24.8 Å². The molecule has 2 rings (SSSR count). The minimum absolute atomic E-state index is 0.204. The van der Waals surface area contributed by atoms with E-state index in [0.29, 0.717) is 23.5 Å². The fourth-order valence-electron chi connectivity index (χ4n) is 2.08. The second-order valence-corrected chi connectivity index (χ2v) is 5.05. The monoisotopic (exact) mass is 255 g/mol. The van der Waals surface area contributed by atoms with E-state index in [1.807, 2.05) is 0 Å². The fourth-order valence-corrected chi connectivity index (χ4v) is 2.27. The van der Waals surface area contributed by atoms with Gasteiger partial charge in [-0.3, -0.25) is 0 Å². The van der Waals surface area contributed by atoms with Crippen LogP contribution in [0.2, 0.25) is 5.02 Å². The molecule has 1 fully saturated rings. The molecule has 0 aromatic heterocycles. The van der Waals surface area contributed by atoms with Crippen LogP contribution in [-0.2, 0) is 6.54 Å². The lowest BCUT2D eigenvalue weighted by atomic mass is 10.1. The first-order chi connectivity index (χ1) is 8.20. The molecule has 1 atom stereocenters. The fraction of sp³-hybridized carbons (Fsp3) is 0.538. The van der Waals surface area contributed by atoms with E-state index in [1.54, 1.807) is 18.2 Å². The van der Waals surface area contributed by atoms with Crippen LogP contribution in [-0.4, -0.2) is 22.9 Å². The third-order valence-electron chi connectivity index (χ3n) is 3.23. The SMILES string of the molecule is OCCC(NCc1cc(Cl)ccc1O)C1CC1. The molecule has 1 unspecified atom stereocenters. The van der Waals surface area contributed by atoms with Gasteiger partial charge >= 0.3 is 0 Å². The molecule has 0 amide bonds. The predicted molar refractivity (Wildman–Crippen MR) is 68.2 cm³/mol. The highest BCUT2D eigenvalue weighted by Gasteiger charge is 2.30. The number of nitrogens with one attached hydrogen (secondary N) is 1. The van der Waals surface area contributed by atoms with Crippen molar-refractivity contribution in [3.63, 3.8) is 0 Å². The molecular weight excluding hydrogens is 238 g/mol. The van der Waals surface area contributed by atoms with Crippen molar-refractivity contribution in [3.05, 3.63) is 28.8 Å². The number of benzene rings is 1. The highest BCUT2D eigenvalue weighted by molar-refractivity contribution is 6.30. The maximum Gasteiger partial charge on any atom is 0.120 e. The number of halogens is 1. The van der Waals surface area contributed by atoms with Gasteiger partial charge in [0.15, 0.2) is 0 Å². The van der Waals surface area contributed by atoms with Crippen molar-refractivity contribution in [2.24, 2.45) is 5.92 Å². The summed E-state index contributed by atoms with van der Waals surface area (Å²) in [7, 11) is 0. The largest absolute Gasteiger partial charge is 0.508 e. The van der Waals surface area contributed by atoms with Crippen LogP contribution < -0.4 is 5.32 Å². The van der Waals surface area contributed by atoms with E-state index in [1.165, 1.54) is 12.8 Å². The van der Waals surface area contributed by atoms with Crippen molar-refractivity contribution in [2.45, 2.75) is 31.8 Å². The van der Waals surface area contributed by atoms with Crippen LogP contribution in [0.15, 0.2) is 18.2 Å². The first-order valence-electron chi connectivity index (χ1n) is 6.02.